The Labute approximate surface area is 179 Å². The molecule has 0 saturated carbocycles. The number of aliphatic carboxylic acids is 2. The molecule has 1 fully saturated rings. The molecule has 3 heterocycles. The number of hydrogen-bond acceptors (Lipinski definition) is 7. The molecule has 11 nitrogen and oxygen atoms in total. The van der Waals surface area contributed by atoms with E-state index in [0.717, 1.165) is 29.7 Å². The van der Waals surface area contributed by atoms with Crippen LogP contribution in [0.4, 0.5) is 5.82 Å². The molecular formula is C20H28N6O5. The third kappa shape index (κ3) is 6.78. The molecule has 0 spiro atoms. The molecule has 0 radical (unpaired) electrons. The van der Waals surface area contributed by atoms with Crippen LogP contribution in [0, 0.1) is 0 Å². The molecule has 0 aromatic carbocycles. The zero-order chi connectivity index (χ0) is 23.0. The van der Waals surface area contributed by atoms with Crippen LogP contribution < -0.4 is 11.1 Å². The quantitative estimate of drug-likeness (QED) is 0.403. The van der Waals surface area contributed by atoms with Crippen LogP contribution in [0.3, 0.4) is 0 Å². The van der Waals surface area contributed by atoms with Gasteiger partial charge in [0.15, 0.2) is 0 Å². The topological polar surface area (TPSA) is 175 Å². The van der Waals surface area contributed by atoms with Crippen LogP contribution in [-0.4, -0.2) is 72.6 Å². The van der Waals surface area contributed by atoms with Gasteiger partial charge in [-0.05, 0) is 38.3 Å². The van der Waals surface area contributed by atoms with Gasteiger partial charge >= 0.3 is 11.9 Å². The average molecular weight is 432 g/mol. The standard InChI is InChI=1S/C15H19N5O.C5H9NO4/c1-3-13(21)20-8-11(5-4-10(20)2)19-15-12-6-7-16-14(12)17-9-18-15;6-3(5(9)10)1-2-4(7)8/h3,6-7,9-11H,1,4-5,8H2,2H3,(H2,16,17,18,19);3H,1-2,6H2,(H,7,8)(H,9,10)/t10-,11+;3-/m00/s1. The Hall–Kier alpha value is -3.47. The number of amides is 1. The largest absolute Gasteiger partial charge is 0.481 e. The molecule has 1 aliphatic heterocycles. The molecular weight excluding hydrogens is 404 g/mol. The summed E-state index contributed by atoms with van der Waals surface area (Å²) in [6, 6.07) is 1.34. The molecule has 11 heteroatoms. The van der Waals surface area contributed by atoms with E-state index in [0.29, 0.717) is 6.54 Å². The zero-order valence-electron chi connectivity index (χ0n) is 17.3. The zero-order valence-corrected chi connectivity index (χ0v) is 17.3. The molecule has 0 aliphatic carbocycles. The Morgan fingerprint density at radius 3 is 2.77 bits per heavy atom. The molecule has 3 rings (SSSR count). The summed E-state index contributed by atoms with van der Waals surface area (Å²) in [5.74, 6) is -1.40. The Morgan fingerprint density at radius 2 is 2.13 bits per heavy atom. The fourth-order valence-electron chi connectivity index (χ4n) is 3.23. The second-order valence-electron chi connectivity index (χ2n) is 7.30. The number of nitrogens with two attached hydrogens (primary N) is 1. The van der Waals surface area contributed by atoms with E-state index in [1.807, 2.05) is 17.2 Å². The number of H-pyrrole nitrogens is 1. The highest BCUT2D eigenvalue weighted by atomic mass is 16.4. The van der Waals surface area contributed by atoms with Crippen molar-refractivity contribution in [3.63, 3.8) is 0 Å². The van der Waals surface area contributed by atoms with Crippen molar-refractivity contribution in [1.29, 1.82) is 0 Å². The van der Waals surface area contributed by atoms with Crippen molar-refractivity contribution in [1.82, 2.24) is 19.9 Å². The van der Waals surface area contributed by atoms with E-state index in [1.165, 1.54) is 6.08 Å². The maximum absolute atomic E-state index is 11.9. The first-order valence-corrected chi connectivity index (χ1v) is 9.90. The van der Waals surface area contributed by atoms with Gasteiger partial charge in [0.05, 0.1) is 5.39 Å². The first-order valence-electron chi connectivity index (χ1n) is 9.90. The predicted octanol–water partition coefficient (Wildman–Crippen LogP) is 1.20. The number of carboxylic acids is 2. The number of carboxylic acid groups (broad SMARTS) is 2. The average Bonchev–Trinajstić information content (AvgIpc) is 3.23. The van der Waals surface area contributed by atoms with Crippen LogP contribution in [-0.2, 0) is 14.4 Å². The third-order valence-corrected chi connectivity index (χ3v) is 5.02. The second kappa shape index (κ2) is 11.1. The lowest BCUT2D eigenvalue weighted by Gasteiger charge is -2.38. The molecule has 0 unspecified atom stereocenters. The number of nitrogens with one attached hydrogen (secondary N) is 2. The number of likely N-dealkylation sites (tertiary alicyclic amines) is 1. The summed E-state index contributed by atoms with van der Waals surface area (Å²) in [5, 5.41) is 20.7. The summed E-state index contributed by atoms with van der Waals surface area (Å²) in [7, 11) is 0. The van der Waals surface area contributed by atoms with Gasteiger partial charge in [-0.25, -0.2) is 9.97 Å². The second-order valence-corrected chi connectivity index (χ2v) is 7.30. The number of aromatic amines is 1. The van der Waals surface area contributed by atoms with Gasteiger partial charge in [-0.1, -0.05) is 6.58 Å². The fraction of sp³-hybridized carbons (Fsp3) is 0.450. The van der Waals surface area contributed by atoms with E-state index in [1.54, 1.807) is 6.33 Å². The van der Waals surface area contributed by atoms with E-state index in [2.05, 4.69) is 33.8 Å². The van der Waals surface area contributed by atoms with E-state index < -0.39 is 18.0 Å². The number of aromatic nitrogens is 3. The van der Waals surface area contributed by atoms with Crippen molar-refractivity contribution < 1.29 is 24.6 Å². The molecule has 3 atom stereocenters. The maximum atomic E-state index is 11.9. The van der Waals surface area contributed by atoms with Gasteiger partial charge in [-0.15, -0.1) is 0 Å². The van der Waals surface area contributed by atoms with Crippen molar-refractivity contribution in [3.05, 3.63) is 31.2 Å². The highest BCUT2D eigenvalue weighted by Crippen LogP contribution is 2.23. The van der Waals surface area contributed by atoms with Gasteiger partial charge < -0.3 is 31.1 Å². The summed E-state index contributed by atoms with van der Waals surface area (Å²) < 4.78 is 0. The van der Waals surface area contributed by atoms with Crippen LogP contribution in [0.25, 0.3) is 11.0 Å². The highest BCUT2D eigenvalue weighted by Gasteiger charge is 2.28. The summed E-state index contributed by atoms with van der Waals surface area (Å²) in [4.78, 5) is 45.2. The predicted molar refractivity (Wildman–Crippen MR) is 114 cm³/mol. The van der Waals surface area contributed by atoms with Crippen molar-refractivity contribution in [2.24, 2.45) is 5.73 Å². The normalized spacial score (nSPS) is 19.1. The van der Waals surface area contributed by atoms with Crippen LogP contribution >= 0.6 is 0 Å². The van der Waals surface area contributed by atoms with Crippen molar-refractivity contribution in [2.75, 3.05) is 11.9 Å². The van der Waals surface area contributed by atoms with Gasteiger partial charge in [0.1, 0.15) is 23.8 Å². The Kier molecular flexibility index (Phi) is 8.50. The smallest absolute Gasteiger partial charge is 0.320 e. The molecule has 168 valence electrons. The lowest BCUT2D eigenvalue weighted by molar-refractivity contribution is -0.140. The number of carbonyl (C=O) groups excluding carboxylic acids is 1. The molecule has 1 amide bonds. The number of carbonyl (C=O) groups is 3. The molecule has 1 aliphatic rings. The van der Waals surface area contributed by atoms with Gasteiger partial charge in [0, 0.05) is 31.2 Å². The highest BCUT2D eigenvalue weighted by molar-refractivity contribution is 5.88. The van der Waals surface area contributed by atoms with Crippen LogP contribution in [0.1, 0.15) is 32.6 Å². The van der Waals surface area contributed by atoms with E-state index in [-0.39, 0.29) is 30.8 Å². The SMILES string of the molecule is C=CC(=O)N1C[C@H](Nc2ncnc3[nH]ccc23)CC[C@@H]1C.N[C@@H](CCC(=O)O)C(=O)O. The summed E-state index contributed by atoms with van der Waals surface area (Å²) in [5.41, 5.74) is 5.82. The molecule has 6 N–H and O–H groups in total. The number of fused-ring (bicyclic) bond motifs is 1. The van der Waals surface area contributed by atoms with E-state index in [4.69, 9.17) is 15.9 Å². The van der Waals surface area contributed by atoms with E-state index >= 15 is 0 Å². The minimum Gasteiger partial charge on any atom is -0.481 e. The Balaban J connectivity index is 0.000000291. The Bertz CT molecular complexity index is 930. The molecule has 2 aromatic heterocycles. The van der Waals surface area contributed by atoms with Gasteiger partial charge in [-0.3, -0.25) is 14.4 Å². The minimum absolute atomic E-state index is 0.0107. The lowest BCUT2D eigenvalue weighted by Crippen LogP contribution is -2.49. The molecule has 31 heavy (non-hydrogen) atoms. The van der Waals surface area contributed by atoms with Gasteiger partial charge in [-0.2, -0.15) is 0 Å². The first kappa shape index (κ1) is 23.8. The summed E-state index contributed by atoms with van der Waals surface area (Å²) in [6.45, 7) is 6.32. The number of nitrogens with zero attached hydrogens (tertiary/aromatic N) is 3. The minimum atomic E-state index is -1.17. The monoisotopic (exact) mass is 432 g/mol. The van der Waals surface area contributed by atoms with Crippen LogP contribution in [0.15, 0.2) is 31.2 Å². The maximum Gasteiger partial charge on any atom is 0.320 e. The lowest BCUT2D eigenvalue weighted by atomic mass is 9.99. The van der Waals surface area contributed by atoms with Crippen LogP contribution in [0.5, 0.6) is 0 Å². The van der Waals surface area contributed by atoms with Gasteiger partial charge in [0.25, 0.3) is 0 Å². The molecule has 2 aromatic rings. The number of hydrogen-bond donors (Lipinski definition) is 5. The molecule has 0 bridgehead atoms. The molecule has 1 saturated heterocycles. The van der Waals surface area contributed by atoms with Gasteiger partial charge in [0.2, 0.25) is 5.91 Å². The summed E-state index contributed by atoms with van der Waals surface area (Å²) in [6.07, 6.45) is 6.53. The third-order valence-electron chi connectivity index (χ3n) is 5.02. The fourth-order valence-corrected chi connectivity index (χ4v) is 3.23. The number of piperidine rings is 1. The van der Waals surface area contributed by atoms with Crippen LogP contribution in [0.2, 0.25) is 0 Å². The van der Waals surface area contributed by atoms with E-state index in [9.17, 15) is 14.4 Å². The van der Waals surface area contributed by atoms with Crippen molar-refractivity contribution in [2.45, 2.75) is 50.7 Å². The van der Waals surface area contributed by atoms with Crippen molar-refractivity contribution >= 4 is 34.7 Å². The first-order chi connectivity index (χ1) is 14.7. The summed E-state index contributed by atoms with van der Waals surface area (Å²) >= 11 is 0. The number of rotatable bonds is 7. The Morgan fingerprint density at radius 1 is 1.39 bits per heavy atom. The number of anilines is 1. The van der Waals surface area contributed by atoms with Crippen molar-refractivity contribution in [3.8, 4) is 0 Å².